The Bertz CT molecular complexity index is 357. The highest BCUT2D eigenvalue weighted by Gasteiger charge is 2.13. The van der Waals surface area contributed by atoms with E-state index in [0.717, 1.165) is 3.57 Å². The lowest BCUT2D eigenvalue weighted by Crippen LogP contribution is -2.15. The Hall–Kier alpha value is -0.330. The van der Waals surface area contributed by atoms with Crippen molar-refractivity contribution in [2.24, 2.45) is 5.73 Å². The second kappa shape index (κ2) is 4.95. The molecule has 0 spiro atoms. The molecule has 1 atom stereocenters. The van der Waals surface area contributed by atoms with Crippen LogP contribution in [0.15, 0.2) is 18.2 Å². The first-order valence-corrected chi connectivity index (χ1v) is 5.38. The molecule has 0 bridgehead atoms. The zero-order chi connectivity index (χ0) is 10.7. The second-order valence-electron chi connectivity index (χ2n) is 2.87. The molecule has 76 valence electrons. The fourth-order valence-corrected chi connectivity index (χ4v) is 2.10. The highest BCUT2D eigenvalue weighted by atomic mass is 127. The fraction of sp³-hybridized carbons (Fsp3) is 0.222. The second-order valence-corrected chi connectivity index (χ2v) is 4.52. The Labute approximate surface area is 100 Å². The van der Waals surface area contributed by atoms with E-state index in [4.69, 9.17) is 22.4 Å². The molecule has 1 aromatic carbocycles. The molecule has 0 saturated heterocycles. The molecule has 1 aromatic rings. The van der Waals surface area contributed by atoms with Crippen molar-refractivity contribution in [3.8, 4) is 0 Å². The van der Waals surface area contributed by atoms with Crippen molar-refractivity contribution in [3.63, 3.8) is 0 Å². The number of hydrogen-bond acceptors (Lipinski definition) is 2. The van der Waals surface area contributed by atoms with Gasteiger partial charge >= 0.3 is 5.97 Å². The lowest BCUT2D eigenvalue weighted by Gasteiger charge is -2.11. The Kier molecular flexibility index (Phi) is 4.15. The van der Waals surface area contributed by atoms with Crippen molar-refractivity contribution in [1.82, 2.24) is 0 Å². The molecule has 0 saturated carbocycles. The van der Waals surface area contributed by atoms with Crippen LogP contribution in [0, 0.1) is 3.57 Å². The molecule has 0 aliphatic carbocycles. The molecular weight excluding hydrogens is 316 g/mol. The molecule has 3 N–H and O–H groups in total. The Morgan fingerprint density at radius 2 is 2.29 bits per heavy atom. The summed E-state index contributed by atoms with van der Waals surface area (Å²) in [7, 11) is 0. The maximum atomic E-state index is 10.4. The van der Waals surface area contributed by atoms with Crippen molar-refractivity contribution in [2.75, 3.05) is 0 Å². The van der Waals surface area contributed by atoms with E-state index in [0.29, 0.717) is 10.6 Å². The van der Waals surface area contributed by atoms with Gasteiger partial charge in [0.05, 0.1) is 6.42 Å². The Morgan fingerprint density at radius 3 is 2.79 bits per heavy atom. The molecule has 0 aliphatic heterocycles. The average molecular weight is 326 g/mol. The van der Waals surface area contributed by atoms with Crippen LogP contribution in [0.3, 0.4) is 0 Å². The monoisotopic (exact) mass is 325 g/mol. The van der Waals surface area contributed by atoms with E-state index in [1.807, 2.05) is 6.07 Å². The lowest BCUT2D eigenvalue weighted by molar-refractivity contribution is -0.137. The van der Waals surface area contributed by atoms with Gasteiger partial charge in [0.2, 0.25) is 0 Å². The molecule has 14 heavy (non-hydrogen) atoms. The van der Waals surface area contributed by atoms with Crippen molar-refractivity contribution in [2.45, 2.75) is 12.5 Å². The van der Waals surface area contributed by atoms with Gasteiger partial charge in [0.25, 0.3) is 0 Å². The van der Waals surface area contributed by atoms with Gasteiger partial charge in [-0.05, 0) is 40.3 Å². The SMILES string of the molecule is NC(CC(=O)O)c1ccc(I)cc1Cl. The topological polar surface area (TPSA) is 63.3 Å². The average Bonchev–Trinajstić information content (AvgIpc) is 2.01. The van der Waals surface area contributed by atoms with Gasteiger partial charge in [0.15, 0.2) is 0 Å². The summed E-state index contributed by atoms with van der Waals surface area (Å²) < 4.78 is 0.999. The summed E-state index contributed by atoms with van der Waals surface area (Å²) in [4.78, 5) is 10.4. The standard InChI is InChI=1S/C9H9ClINO2/c10-7-3-5(11)1-2-6(7)8(12)4-9(13)14/h1-3,8H,4,12H2,(H,13,14). The highest BCUT2D eigenvalue weighted by Crippen LogP contribution is 2.25. The van der Waals surface area contributed by atoms with E-state index < -0.39 is 12.0 Å². The van der Waals surface area contributed by atoms with E-state index in [2.05, 4.69) is 22.6 Å². The summed E-state index contributed by atoms with van der Waals surface area (Å²) in [5.74, 6) is -0.924. The lowest BCUT2D eigenvalue weighted by atomic mass is 10.1. The number of aliphatic carboxylic acids is 1. The minimum absolute atomic E-state index is 0.111. The van der Waals surface area contributed by atoms with E-state index in [9.17, 15) is 4.79 Å². The van der Waals surface area contributed by atoms with Gasteiger partial charge in [0, 0.05) is 14.6 Å². The molecule has 0 heterocycles. The first-order chi connectivity index (χ1) is 6.50. The van der Waals surface area contributed by atoms with Gasteiger partial charge in [-0.2, -0.15) is 0 Å². The summed E-state index contributed by atoms with van der Waals surface area (Å²) in [6.45, 7) is 0. The fourth-order valence-electron chi connectivity index (χ4n) is 1.10. The summed E-state index contributed by atoms with van der Waals surface area (Å²) in [6, 6.07) is 4.83. The third-order valence-electron chi connectivity index (χ3n) is 1.76. The number of hydrogen-bond donors (Lipinski definition) is 2. The van der Waals surface area contributed by atoms with Crippen LogP contribution < -0.4 is 5.73 Å². The van der Waals surface area contributed by atoms with Crippen molar-refractivity contribution in [3.05, 3.63) is 32.4 Å². The number of halogens is 2. The number of nitrogens with two attached hydrogens (primary N) is 1. The van der Waals surface area contributed by atoms with E-state index in [1.54, 1.807) is 12.1 Å². The van der Waals surface area contributed by atoms with Gasteiger partial charge in [-0.1, -0.05) is 17.7 Å². The molecule has 0 fully saturated rings. The van der Waals surface area contributed by atoms with Crippen molar-refractivity contribution >= 4 is 40.2 Å². The smallest absolute Gasteiger partial charge is 0.305 e. The molecule has 0 radical (unpaired) electrons. The minimum atomic E-state index is -0.924. The van der Waals surface area contributed by atoms with Crippen molar-refractivity contribution < 1.29 is 9.90 Å². The Balaban J connectivity index is 2.90. The summed E-state index contributed by atoms with van der Waals surface area (Å²) in [5.41, 5.74) is 6.35. The molecular formula is C9H9ClINO2. The maximum Gasteiger partial charge on any atom is 0.305 e. The predicted molar refractivity (Wildman–Crippen MR) is 63.4 cm³/mol. The first kappa shape index (κ1) is 11.7. The highest BCUT2D eigenvalue weighted by molar-refractivity contribution is 14.1. The predicted octanol–water partition coefficient (Wildman–Crippen LogP) is 2.42. The molecule has 0 aliphatic rings. The van der Waals surface area contributed by atoms with Crippen LogP contribution in [-0.4, -0.2) is 11.1 Å². The molecule has 1 rings (SSSR count). The molecule has 0 aromatic heterocycles. The quantitative estimate of drug-likeness (QED) is 0.839. The number of carboxylic acid groups (broad SMARTS) is 1. The van der Waals surface area contributed by atoms with Crippen LogP contribution in [-0.2, 0) is 4.79 Å². The van der Waals surface area contributed by atoms with Gasteiger partial charge in [-0.3, -0.25) is 4.79 Å². The third-order valence-corrected chi connectivity index (χ3v) is 2.75. The Morgan fingerprint density at radius 1 is 1.64 bits per heavy atom. The third kappa shape index (κ3) is 3.11. The first-order valence-electron chi connectivity index (χ1n) is 3.93. The van der Waals surface area contributed by atoms with Gasteiger partial charge < -0.3 is 10.8 Å². The minimum Gasteiger partial charge on any atom is -0.481 e. The molecule has 5 heteroatoms. The van der Waals surface area contributed by atoms with Crippen LogP contribution in [0.4, 0.5) is 0 Å². The normalized spacial score (nSPS) is 12.5. The number of carbonyl (C=O) groups is 1. The number of carboxylic acids is 1. The summed E-state index contributed by atoms with van der Waals surface area (Å²) in [6.07, 6.45) is -0.111. The molecule has 3 nitrogen and oxygen atoms in total. The van der Waals surface area contributed by atoms with Gasteiger partial charge in [0.1, 0.15) is 0 Å². The van der Waals surface area contributed by atoms with Gasteiger partial charge in [-0.25, -0.2) is 0 Å². The van der Waals surface area contributed by atoms with Crippen molar-refractivity contribution in [1.29, 1.82) is 0 Å². The van der Waals surface area contributed by atoms with Crippen LogP contribution >= 0.6 is 34.2 Å². The number of benzene rings is 1. The van der Waals surface area contributed by atoms with Crippen LogP contribution in [0.25, 0.3) is 0 Å². The zero-order valence-corrected chi connectivity index (χ0v) is 10.1. The van der Waals surface area contributed by atoms with Crippen LogP contribution in [0.1, 0.15) is 18.0 Å². The van der Waals surface area contributed by atoms with E-state index >= 15 is 0 Å². The number of rotatable bonds is 3. The van der Waals surface area contributed by atoms with Crippen LogP contribution in [0.2, 0.25) is 5.02 Å². The van der Waals surface area contributed by atoms with Crippen LogP contribution in [0.5, 0.6) is 0 Å². The maximum absolute atomic E-state index is 10.4. The molecule has 0 amide bonds. The molecule has 1 unspecified atom stereocenters. The van der Waals surface area contributed by atoms with E-state index in [-0.39, 0.29) is 6.42 Å². The largest absolute Gasteiger partial charge is 0.481 e. The van der Waals surface area contributed by atoms with E-state index in [1.165, 1.54) is 0 Å². The zero-order valence-electron chi connectivity index (χ0n) is 7.21. The summed E-state index contributed by atoms with van der Waals surface area (Å²) >= 11 is 8.06. The van der Waals surface area contributed by atoms with Gasteiger partial charge in [-0.15, -0.1) is 0 Å². The summed E-state index contributed by atoms with van der Waals surface area (Å²) in [5, 5.41) is 9.09.